The number of hydrogen-bond acceptors (Lipinski definition) is 4. The maximum absolute atomic E-state index is 11.0. The Labute approximate surface area is 101 Å². The quantitative estimate of drug-likeness (QED) is 0.493. The number of benzene rings is 1. The molecule has 0 fully saturated rings. The number of anilines is 1. The molecule has 17 heavy (non-hydrogen) atoms. The van der Waals surface area contributed by atoms with Gasteiger partial charge in [0, 0.05) is 17.3 Å². The molecule has 0 unspecified atom stereocenters. The SMILES string of the molecule is CCOc1cc(C)c(N)cc1/C=C/C(=O)OC. The summed E-state index contributed by atoms with van der Waals surface area (Å²) in [5, 5.41) is 0. The van der Waals surface area contributed by atoms with Crippen LogP contribution in [0.3, 0.4) is 0 Å². The van der Waals surface area contributed by atoms with E-state index in [0.29, 0.717) is 18.0 Å². The van der Waals surface area contributed by atoms with Gasteiger partial charge >= 0.3 is 5.97 Å². The molecule has 0 atom stereocenters. The topological polar surface area (TPSA) is 61.5 Å². The van der Waals surface area contributed by atoms with Gasteiger partial charge in [0.25, 0.3) is 0 Å². The largest absolute Gasteiger partial charge is 0.493 e. The van der Waals surface area contributed by atoms with Crippen molar-refractivity contribution in [2.24, 2.45) is 0 Å². The van der Waals surface area contributed by atoms with E-state index < -0.39 is 5.97 Å². The number of nitrogen functional groups attached to an aromatic ring is 1. The maximum Gasteiger partial charge on any atom is 0.330 e. The first-order valence-corrected chi connectivity index (χ1v) is 5.37. The summed E-state index contributed by atoms with van der Waals surface area (Å²) >= 11 is 0. The second kappa shape index (κ2) is 5.94. The minimum absolute atomic E-state index is 0.411. The Morgan fingerprint density at radius 1 is 1.47 bits per heavy atom. The van der Waals surface area contributed by atoms with Gasteiger partial charge < -0.3 is 15.2 Å². The van der Waals surface area contributed by atoms with Gasteiger partial charge in [0.2, 0.25) is 0 Å². The third-order valence-electron chi connectivity index (χ3n) is 2.30. The Hall–Kier alpha value is -1.97. The minimum Gasteiger partial charge on any atom is -0.493 e. The highest BCUT2D eigenvalue weighted by atomic mass is 16.5. The van der Waals surface area contributed by atoms with Gasteiger partial charge in [0.15, 0.2) is 0 Å². The highest BCUT2D eigenvalue weighted by molar-refractivity contribution is 5.87. The lowest BCUT2D eigenvalue weighted by Crippen LogP contribution is -1.98. The summed E-state index contributed by atoms with van der Waals surface area (Å²) in [5.41, 5.74) is 8.20. The Kier molecular flexibility index (Phi) is 4.57. The van der Waals surface area contributed by atoms with Crippen LogP contribution in [0.15, 0.2) is 18.2 Å². The Balaban J connectivity index is 3.07. The van der Waals surface area contributed by atoms with E-state index in [1.54, 1.807) is 12.1 Å². The fourth-order valence-electron chi connectivity index (χ4n) is 1.35. The molecule has 4 heteroatoms. The molecule has 0 bridgehead atoms. The van der Waals surface area contributed by atoms with Crippen LogP contribution in [-0.4, -0.2) is 19.7 Å². The second-order valence-corrected chi connectivity index (χ2v) is 3.54. The van der Waals surface area contributed by atoms with Crippen LogP contribution in [0.25, 0.3) is 6.08 Å². The van der Waals surface area contributed by atoms with E-state index in [9.17, 15) is 4.79 Å². The Bertz CT molecular complexity index is 439. The summed E-state index contributed by atoms with van der Waals surface area (Å²) in [7, 11) is 1.33. The van der Waals surface area contributed by atoms with Crippen molar-refractivity contribution in [3.63, 3.8) is 0 Å². The molecule has 0 saturated carbocycles. The van der Waals surface area contributed by atoms with Crippen LogP contribution in [0.4, 0.5) is 5.69 Å². The first-order valence-electron chi connectivity index (χ1n) is 5.37. The minimum atomic E-state index is -0.411. The van der Waals surface area contributed by atoms with E-state index in [4.69, 9.17) is 10.5 Å². The monoisotopic (exact) mass is 235 g/mol. The number of ether oxygens (including phenoxy) is 2. The molecule has 0 amide bonds. The van der Waals surface area contributed by atoms with Crippen molar-refractivity contribution in [2.45, 2.75) is 13.8 Å². The number of rotatable bonds is 4. The third kappa shape index (κ3) is 3.52. The molecule has 4 nitrogen and oxygen atoms in total. The number of hydrogen-bond donors (Lipinski definition) is 1. The second-order valence-electron chi connectivity index (χ2n) is 3.54. The van der Waals surface area contributed by atoms with Gasteiger partial charge in [-0.3, -0.25) is 0 Å². The van der Waals surface area contributed by atoms with Crippen molar-refractivity contribution < 1.29 is 14.3 Å². The number of esters is 1. The zero-order valence-electron chi connectivity index (χ0n) is 10.3. The van der Waals surface area contributed by atoms with Gasteiger partial charge in [0.05, 0.1) is 13.7 Å². The van der Waals surface area contributed by atoms with E-state index in [2.05, 4.69) is 4.74 Å². The van der Waals surface area contributed by atoms with Crippen LogP contribution >= 0.6 is 0 Å². The normalized spacial score (nSPS) is 10.5. The van der Waals surface area contributed by atoms with Gasteiger partial charge in [0.1, 0.15) is 5.75 Å². The number of methoxy groups -OCH3 is 1. The van der Waals surface area contributed by atoms with Gasteiger partial charge in [-0.15, -0.1) is 0 Å². The predicted octanol–water partition coefficient (Wildman–Crippen LogP) is 2.16. The van der Waals surface area contributed by atoms with Crippen LogP contribution in [0, 0.1) is 6.92 Å². The lowest BCUT2D eigenvalue weighted by atomic mass is 10.1. The van der Waals surface area contributed by atoms with Crippen molar-refractivity contribution in [3.05, 3.63) is 29.3 Å². The molecule has 0 aromatic heterocycles. The van der Waals surface area contributed by atoms with Crippen molar-refractivity contribution in [1.29, 1.82) is 0 Å². The summed E-state index contributed by atoms with van der Waals surface area (Å²) < 4.78 is 10.0. The molecule has 0 spiro atoms. The first kappa shape index (κ1) is 13.1. The summed E-state index contributed by atoms with van der Waals surface area (Å²) in [6, 6.07) is 3.63. The number of carbonyl (C=O) groups excluding carboxylic acids is 1. The standard InChI is InChI=1S/C13H17NO3/c1-4-17-12-7-9(2)11(14)8-10(12)5-6-13(15)16-3/h5-8H,4,14H2,1-3H3/b6-5+. The van der Waals surface area contributed by atoms with Crippen LogP contribution in [0.5, 0.6) is 5.75 Å². The van der Waals surface area contributed by atoms with Crippen LogP contribution in [0.1, 0.15) is 18.1 Å². The van der Waals surface area contributed by atoms with Crippen molar-refractivity contribution in [1.82, 2.24) is 0 Å². The van der Waals surface area contributed by atoms with Gasteiger partial charge in [-0.1, -0.05) is 0 Å². The fourth-order valence-corrected chi connectivity index (χ4v) is 1.35. The summed E-state index contributed by atoms with van der Waals surface area (Å²) in [6.45, 7) is 4.37. The summed E-state index contributed by atoms with van der Waals surface area (Å²) in [5.74, 6) is 0.297. The van der Waals surface area contributed by atoms with Crippen molar-refractivity contribution in [2.75, 3.05) is 19.5 Å². The van der Waals surface area contributed by atoms with E-state index in [1.807, 2.05) is 19.9 Å². The van der Waals surface area contributed by atoms with Crippen LogP contribution in [-0.2, 0) is 9.53 Å². The fraction of sp³-hybridized carbons (Fsp3) is 0.308. The molecule has 1 aromatic carbocycles. The molecule has 0 heterocycles. The molecule has 1 aromatic rings. The zero-order chi connectivity index (χ0) is 12.8. The Morgan fingerprint density at radius 3 is 2.76 bits per heavy atom. The average molecular weight is 235 g/mol. The molecular weight excluding hydrogens is 218 g/mol. The van der Waals surface area contributed by atoms with E-state index >= 15 is 0 Å². The van der Waals surface area contributed by atoms with Crippen molar-refractivity contribution >= 4 is 17.7 Å². The number of carbonyl (C=O) groups is 1. The lowest BCUT2D eigenvalue weighted by molar-refractivity contribution is -0.134. The molecule has 2 N–H and O–H groups in total. The van der Waals surface area contributed by atoms with E-state index in [-0.39, 0.29) is 0 Å². The summed E-state index contributed by atoms with van der Waals surface area (Å²) in [6.07, 6.45) is 2.97. The average Bonchev–Trinajstić information content (AvgIpc) is 2.31. The molecule has 0 aliphatic rings. The number of nitrogens with two attached hydrogens (primary N) is 1. The highest BCUT2D eigenvalue weighted by Gasteiger charge is 2.05. The molecule has 0 radical (unpaired) electrons. The lowest BCUT2D eigenvalue weighted by Gasteiger charge is -2.10. The van der Waals surface area contributed by atoms with Gasteiger partial charge in [-0.25, -0.2) is 4.79 Å². The third-order valence-corrected chi connectivity index (χ3v) is 2.30. The summed E-state index contributed by atoms with van der Waals surface area (Å²) in [4.78, 5) is 11.0. The van der Waals surface area contributed by atoms with Gasteiger partial charge in [-0.05, 0) is 37.6 Å². The predicted molar refractivity (Wildman–Crippen MR) is 67.8 cm³/mol. The Morgan fingerprint density at radius 2 is 2.18 bits per heavy atom. The van der Waals surface area contributed by atoms with E-state index in [0.717, 1.165) is 11.1 Å². The van der Waals surface area contributed by atoms with E-state index in [1.165, 1.54) is 13.2 Å². The molecule has 0 saturated heterocycles. The molecule has 92 valence electrons. The van der Waals surface area contributed by atoms with Crippen molar-refractivity contribution in [3.8, 4) is 5.75 Å². The first-order chi connectivity index (χ1) is 8.08. The molecule has 0 aliphatic carbocycles. The van der Waals surface area contributed by atoms with Gasteiger partial charge in [-0.2, -0.15) is 0 Å². The zero-order valence-corrected chi connectivity index (χ0v) is 10.3. The van der Waals surface area contributed by atoms with Crippen LogP contribution in [0.2, 0.25) is 0 Å². The maximum atomic E-state index is 11.0. The molecule has 1 rings (SSSR count). The number of aryl methyl sites for hydroxylation is 1. The highest BCUT2D eigenvalue weighted by Crippen LogP contribution is 2.26. The smallest absolute Gasteiger partial charge is 0.330 e. The van der Waals surface area contributed by atoms with Crippen LogP contribution < -0.4 is 10.5 Å². The molecule has 0 aliphatic heterocycles. The molecular formula is C13H17NO3.